The lowest BCUT2D eigenvalue weighted by molar-refractivity contribution is 0.312. The number of allylic oxidation sites excluding steroid dienone is 1. The lowest BCUT2D eigenvalue weighted by atomic mass is 9.92. The Kier molecular flexibility index (Phi) is 4.80. The maximum atomic E-state index is 13.6. The van der Waals surface area contributed by atoms with Gasteiger partial charge in [-0.25, -0.2) is 14.4 Å². The molecule has 0 atom stereocenters. The van der Waals surface area contributed by atoms with Crippen LogP contribution in [0.15, 0.2) is 36.8 Å². The Hall–Kier alpha value is -3.24. The topological polar surface area (TPSA) is 94.1 Å². The van der Waals surface area contributed by atoms with Crippen molar-refractivity contribution in [3.8, 4) is 17.3 Å². The van der Waals surface area contributed by atoms with E-state index in [0.717, 1.165) is 19.3 Å². The van der Waals surface area contributed by atoms with Crippen molar-refractivity contribution in [1.29, 1.82) is 10.7 Å². The number of aromatic nitrogens is 4. The van der Waals surface area contributed by atoms with E-state index in [1.807, 2.05) is 10.6 Å². The molecular formula is C20H16ClFN6. The molecule has 28 heavy (non-hydrogen) atoms. The molecule has 140 valence electrons. The first kappa shape index (κ1) is 18.1. The fraction of sp³-hybridized carbons (Fsp3) is 0.200. The minimum Gasteiger partial charge on any atom is -0.330 e. The molecule has 1 aromatic carbocycles. The quantitative estimate of drug-likeness (QED) is 0.611. The van der Waals surface area contributed by atoms with Gasteiger partial charge in [-0.3, -0.25) is 5.41 Å². The van der Waals surface area contributed by atoms with Crippen molar-refractivity contribution in [3.63, 3.8) is 0 Å². The monoisotopic (exact) mass is 394 g/mol. The molecule has 0 amide bonds. The van der Waals surface area contributed by atoms with Gasteiger partial charge < -0.3 is 9.55 Å². The number of aromatic amines is 1. The third-order valence-corrected chi connectivity index (χ3v) is 5.12. The van der Waals surface area contributed by atoms with E-state index in [2.05, 4.69) is 15.0 Å². The Morgan fingerprint density at radius 1 is 1.39 bits per heavy atom. The first-order chi connectivity index (χ1) is 13.6. The van der Waals surface area contributed by atoms with Gasteiger partial charge in [0, 0.05) is 11.6 Å². The number of benzene rings is 1. The van der Waals surface area contributed by atoms with Gasteiger partial charge in [-0.1, -0.05) is 11.6 Å². The van der Waals surface area contributed by atoms with Gasteiger partial charge in [-0.05, 0) is 49.6 Å². The largest absolute Gasteiger partial charge is 0.330 e. The van der Waals surface area contributed by atoms with E-state index < -0.39 is 5.82 Å². The van der Waals surface area contributed by atoms with Crippen LogP contribution in [0.1, 0.15) is 42.5 Å². The molecule has 2 heterocycles. The number of nitrogens with zero attached hydrogens (tertiary/aromatic N) is 4. The third-order valence-electron chi connectivity index (χ3n) is 4.83. The van der Waals surface area contributed by atoms with E-state index in [-0.39, 0.29) is 10.7 Å². The van der Waals surface area contributed by atoms with Crippen LogP contribution >= 0.6 is 11.6 Å². The van der Waals surface area contributed by atoms with Crippen molar-refractivity contribution >= 4 is 23.4 Å². The van der Waals surface area contributed by atoms with Crippen LogP contribution in [0.3, 0.4) is 0 Å². The minimum absolute atomic E-state index is 0.0170. The number of hydrogen-bond donors (Lipinski definition) is 2. The average Bonchev–Trinajstić information content (AvgIpc) is 3.28. The minimum atomic E-state index is -0.494. The number of halogens is 2. The Balaban J connectivity index is 1.72. The molecule has 6 nitrogen and oxygen atoms in total. The van der Waals surface area contributed by atoms with Gasteiger partial charge in [0.05, 0.1) is 34.6 Å². The highest BCUT2D eigenvalue weighted by Crippen LogP contribution is 2.36. The summed E-state index contributed by atoms with van der Waals surface area (Å²) in [5.74, 6) is -0.00568. The van der Waals surface area contributed by atoms with Gasteiger partial charge in [0.1, 0.15) is 23.4 Å². The fourth-order valence-corrected chi connectivity index (χ4v) is 3.32. The van der Waals surface area contributed by atoms with Crippen LogP contribution < -0.4 is 0 Å². The average molecular weight is 395 g/mol. The standard InChI is InChI=1S/C20H16ClFN6/c21-15-8-12(4-5-16(15)22)19-20(28(11-26-19)14-2-1-3-14)17(24)6-7-18-25-10-13(9-23)27-18/h4-8,10-11,14,24H,1-3H2,(H,25,27)/b7-6-,24-17?. The lowest BCUT2D eigenvalue weighted by Crippen LogP contribution is -2.20. The normalized spacial score (nSPS) is 14.2. The van der Waals surface area contributed by atoms with Crippen molar-refractivity contribution in [2.24, 2.45) is 0 Å². The zero-order chi connectivity index (χ0) is 19.7. The summed E-state index contributed by atoms with van der Waals surface area (Å²) in [7, 11) is 0. The second-order valence-electron chi connectivity index (χ2n) is 6.60. The molecule has 1 saturated carbocycles. The molecule has 8 heteroatoms. The molecular weight excluding hydrogens is 379 g/mol. The summed E-state index contributed by atoms with van der Waals surface area (Å²) in [4.78, 5) is 11.4. The van der Waals surface area contributed by atoms with Gasteiger partial charge in [-0.2, -0.15) is 5.26 Å². The smallest absolute Gasteiger partial charge is 0.141 e. The van der Waals surface area contributed by atoms with E-state index in [4.69, 9.17) is 22.3 Å². The Labute approximate surface area is 165 Å². The van der Waals surface area contributed by atoms with Crippen molar-refractivity contribution in [3.05, 3.63) is 64.9 Å². The van der Waals surface area contributed by atoms with Crippen LogP contribution in [0.5, 0.6) is 0 Å². The number of hydrogen-bond acceptors (Lipinski definition) is 4. The summed E-state index contributed by atoms with van der Waals surface area (Å²) in [6.45, 7) is 0. The summed E-state index contributed by atoms with van der Waals surface area (Å²) in [6, 6.07) is 6.72. The first-order valence-corrected chi connectivity index (χ1v) is 9.19. The molecule has 2 aromatic heterocycles. The summed E-state index contributed by atoms with van der Waals surface area (Å²) < 4.78 is 15.6. The maximum Gasteiger partial charge on any atom is 0.141 e. The van der Waals surface area contributed by atoms with Crippen LogP contribution in [0.25, 0.3) is 17.3 Å². The highest BCUT2D eigenvalue weighted by Gasteiger charge is 2.25. The second kappa shape index (κ2) is 7.41. The highest BCUT2D eigenvalue weighted by molar-refractivity contribution is 6.31. The number of nitriles is 1. The molecule has 3 aromatic rings. The van der Waals surface area contributed by atoms with E-state index in [9.17, 15) is 4.39 Å². The fourth-order valence-electron chi connectivity index (χ4n) is 3.14. The molecule has 0 radical (unpaired) electrons. The van der Waals surface area contributed by atoms with Crippen LogP contribution in [0.4, 0.5) is 4.39 Å². The molecule has 0 spiro atoms. The lowest BCUT2D eigenvalue weighted by Gasteiger charge is -2.28. The van der Waals surface area contributed by atoms with Crippen molar-refractivity contribution in [2.75, 3.05) is 0 Å². The number of rotatable bonds is 5. The maximum absolute atomic E-state index is 13.6. The van der Waals surface area contributed by atoms with Crippen LogP contribution in [0, 0.1) is 22.6 Å². The molecule has 0 saturated heterocycles. The van der Waals surface area contributed by atoms with Crippen LogP contribution in [-0.4, -0.2) is 25.2 Å². The number of H-pyrrole nitrogens is 1. The summed E-state index contributed by atoms with van der Waals surface area (Å²) in [6.07, 6.45) is 9.64. The molecule has 1 fully saturated rings. The summed E-state index contributed by atoms with van der Waals surface area (Å²) in [5, 5.41) is 17.5. The molecule has 1 aliphatic carbocycles. The summed E-state index contributed by atoms with van der Waals surface area (Å²) >= 11 is 5.94. The van der Waals surface area contributed by atoms with Gasteiger partial charge in [0.15, 0.2) is 0 Å². The van der Waals surface area contributed by atoms with E-state index in [1.54, 1.807) is 24.5 Å². The predicted octanol–water partition coefficient (Wildman–Crippen LogP) is 4.74. The molecule has 2 N–H and O–H groups in total. The van der Waals surface area contributed by atoms with E-state index in [0.29, 0.717) is 34.5 Å². The number of imidazole rings is 2. The molecule has 0 bridgehead atoms. The zero-order valence-electron chi connectivity index (χ0n) is 14.8. The first-order valence-electron chi connectivity index (χ1n) is 8.81. The predicted molar refractivity (Wildman–Crippen MR) is 105 cm³/mol. The molecule has 1 aliphatic rings. The zero-order valence-corrected chi connectivity index (χ0v) is 15.5. The van der Waals surface area contributed by atoms with Gasteiger partial charge in [0.25, 0.3) is 0 Å². The van der Waals surface area contributed by atoms with Crippen molar-refractivity contribution < 1.29 is 4.39 Å². The summed E-state index contributed by atoms with van der Waals surface area (Å²) in [5.41, 5.74) is 2.49. The second-order valence-corrected chi connectivity index (χ2v) is 7.01. The molecule has 4 rings (SSSR count). The van der Waals surface area contributed by atoms with Crippen molar-refractivity contribution in [1.82, 2.24) is 19.5 Å². The van der Waals surface area contributed by atoms with Gasteiger partial charge in [-0.15, -0.1) is 0 Å². The van der Waals surface area contributed by atoms with Crippen molar-refractivity contribution in [2.45, 2.75) is 25.3 Å². The van der Waals surface area contributed by atoms with Gasteiger partial charge in [0.2, 0.25) is 0 Å². The van der Waals surface area contributed by atoms with Crippen LogP contribution in [0.2, 0.25) is 5.02 Å². The molecule has 0 unspecified atom stereocenters. The SMILES string of the molecule is N#Cc1cnc(/C=C\C(=N)c2c(-c3ccc(F)c(Cl)c3)ncn2C2CCC2)[nH]1. The Bertz CT molecular complexity index is 1120. The highest BCUT2D eigenvalue weighted by atomic mass is 35.5. The Morgan fingerprint density at radius 3 is 2.86 bits per heavy atom. The third kappa shape index (κ3) is 3.35. The Morgan fingerprint density at radius 2 is 2.21 bits per heavy atom. The van der Waals surface area contributed by atoms with E-state index >= 15 is 0 Å². The van der Waals surface area contributed by atoms with Gasteiger partial charge >= 0.3 is 0 Å². The van der Waals surface area contributed by atoms with E-state index in [1.165, 1.54) is 18.3 Å². The molecule has 0 aliphatic heterocycles. The number of nitrogens with one attached hydrogen (secondary N) is 2. The van der Waals surface area contributed by atoms with Crippen LogP contribution in [-0.2, 0) is 0 Å².